The van der Waals surface area contributed by atoms with Crippen molar-refractivity contribution in [3.63, 3.8) is 0 Å². The Morgan fingerprint density at radius 1 is 1.16 bits per heavy atom. The summed E-state index contributed by atoms with van der Waals surface area (Å²) in [7, 11) is -3.62. The predicted molar refractivity (Wildman–Crippen MR) is 72.0 cm³/mol. The number of nitrogens with one attached hydrogen (secondary N) is 1. The molecule has 1 aromatic heterocycles. The first-order chi connectivity index (χ1) is 9.05. The van der Waals surface area contributed by atoms with Gasteiger partial charge in [0.2, 0.25) is 10.0 Å². The number of rotatable bonds is 5. The smallest absolute Gasteiger partial charge is 0.238 e. The molecule has 6 nitrogen and oxygen atoms in total. The number of hydrogen-bond acceptors (Lipinski definition) is 5. The van der Waals surface area contributed by atoms with Crippen molar-refractivity contribution in [2.24, 2.45) is 5.14 Å². The van der Waals surface area contributed by atoms with E-state index in [9.17, 15) is 8.42 Å². The average Bonchev–Trinajstić information content (AvgIpc) is 2.39. The highest BCUT2D eigenvalue weighted by Crippen LogP contribution is 2.09. The molecular weight excluding hydrogens is 264 g/mol. The summed E-state index contributed by atoms with van der Waals surface area (Å²) in [6, 6.07) is 6.51. The van der Waals surface area contributed by atoms with Crippen LogP contribution in [-0.4, -0.2) is 24.9 Å². The van der Waals surface area contributed by atoms with Crippen LogP contribution in [0.1, 0.15) is 5.56 Å². The third-order valence-electron chi connectivity index (χ3n) is 2.53. The zero-order chi connectivity index (χ0) is 13.7. The van der Waals surface area contributed by atoms with E-state index in [1.165, 1.54) is 12.1 Å². The molecule has 0 aliphatic heterocycles. The highest BCUT2D eigenvalue weighted by atomic mass is 32.2. The van der Waals surface area contributed by atoms with Gasteiger partial charge in [0.05, 0.1) is 11.1 Å². The van der Waals surface area contributed by atoms with Crippen molar-refractivity contribution in [2.75, 3.05) is 11.9 Å². The fourth-order valence-electron chi connectivity index (χ4n) is 1.57. The Kier molecular flexibility index (Phi) is 4.08. The number of nitrogens with zero attached hydrogens (tertiary/aromatic N) is 2. The number of aromatic nitrogens is 2. The summed E-state index contributed by atoms with van der Waals surface area (Å²) in [5.74, 6) is 0.712. The second-order valence-electron chi connectivity index (χ2n) is 3.96. The minimum absolute atomic E-state index is 0.123. The molecule has 0 aliphatic carbocycles. The van der Waals surface area contributed by atoms with E-state index in [1.807, 2.05) is 0 Å². The van der Waals surface area contributed by atoms with E-state index in [0.717, 1.165) is 12.0 Å². The number of sulfonamides is 1. The van der Waals surface area contributed by atoms with E-state index in [2.05, 4.69) is 15.3 Å². The molecule has 1 heterocycles. The van der Waals surface area contributed by atoms with E-state index in [-0.39, 0.29) is 4.90 Å². The molecule has 19 heavy (non-hydrogen) atoms. The maximum atomic E-state index is 11.1. The standard InChI is InChI=1S/C12H14N4O2S/c13-19(17,18)11-3-1-10(2-4-11)5-6-15-12-9-14-7-8-16-12/h1-4,7-9H,5-6H2,(H,15,16)(H2,13,17,18). The van der Waals surface area contributed by atoms with Gasteiger partial charge in [0, 0.05) is 18.9 Å². The topological polar surface area (TPSA) is 98.0 Å². The first-order valence-corrected chi connectivity index (χ1v) is 7.22. The van der Waals surface area contributed by atoms with Gasteiger partial charge >= 0.3 is 0 Å². The molecule has 1 aromatic carbocycles. The molecule has 0 fully saturated rings. The lowest BCUT2D eigenvalue weighted by Gasteiger charge is -2.05. The molecule has 7 heteroatoms. The second-order valence-corrected chi connectivity index (χ2v) is 5.52. The van der Waals surface area contributed by atoms with Gasteiger partial charge in [-0.1, -0.05) is 12.1 Å². The Balaban J connectivity index is 1.90. The number of anilines is 1. The summed E-state index contributed by atoms with van der Waals surface area (Å²) >= 11 is 0. The molecule has 0 spiro atoms. The van der Waals surface area contributed by atoms with Gasteiger partial charge in [-0.3, -0.25) is 4.98 Å². The molecule has 0 aliphatic rings. The van der Waals surface area contributed by atoms with Gasteiger partial charge < -0.3 is 5.32 Å². The van der Waals surface area contributed by atoms with Crippen LogP contribution in [0.15, 0.2) is 47.8 Å². The average molecular weight is 278 g/mol. The molecule has 0 saturated carbocycles. The zero-order valence-corrected chi connectivity index (χ0v) is 11.0. The molecule has 3 N–H and O–H groups in total. The molecule has 2 rings (SSSR count). The Hall–Kier alpha value is -1.99. The van der Waals surface area contributed by atoms with Crippen LogP contribution in [0.2, 0.25) is 0 Å². The highest BCUT2D eigenvalue weighted by Gasteiger charge is 2.06. The molecule has 0 radical (unpaired) electrons. The molecule has 0 bridgehead atoms. The summed E-state index contributed by atoms with van der Waals surface area (Å²) in [6.45, 7) is 0.688. The lowest BCUT2D eigenvalue weighted by atomic mass is 10.1. The van der Waals surface area contributed by atoms with Crippen LogP contribution in [0.3, 0.4) is 0 Å². The van der Waals surface area contributed by atoms with E-state index in [0.29, 0.717) is 12.4 Å². The van der Waals surface area contributed by atoms with Crippen molar-refractivity contribution >= 4 is 15.8 Å². The van der Waals surface area contributed by atoms with E-state index >= 15 is 0 Å². The summed E-state index contributed by atoms with van der Waals surface area (Å²) in [6.07, 6.45) is 5.62. The predicted octanol–water partition coefficient (Wildman–Crippen LogP) is 0.779. The molecule has 0 amide bonds. The van der Waals surface area contributed by atoms with Crippen LogP contribution < -0.4 is 10.5 Å². The first-order valence-electron chi connectivity index (χ1n) is 5.67. The number of nitrogens with two attached hydrogens (primary N) is 1. The fraction of sp³-hybridized carbons (Fsp3) is 0.167. The Morgan fingerprint density at radius 3 is 2.47 bits per heavy atom. The van der Waals surface area contributed by atoms with Gasteiger partial charge in [0.15, 0.2) is 0 Å². The van der Waals surface area contributed by atoms with E-state index in [1.54, 1.807) is 30.7 Å². The zero-order valence-electron chi connectivity index (χ0n) is 10.2. The second kappa shape index (κ2) is 5.77. The fourth-order valence-corrected chi connectivity index (χ4v) is 2.09. The third-order valence-corrected chi connectivity index (χ3v) is 3.46. The minimum atomic E-state index is -3.62. The Bertz CT molecular complexity index is 627. The SMILES string of the molecule is NS(=O)(=O)c1ccc(CCNc2cnccn2)cc1. The van der Waals surface area contributed by atoms with Crippen molar-refractivity contribution < 1.29 is 8.42 Å². The number of hydrogen-bond donors (Lipinski definition) is 2. The van der Waals surface area contributed by atoms with Crippen molar-refractivity contribution in [1.29, 1.82) is 0 Å². The van der Waals surface area contributed by atoms with Crippen molar-refractivity contribution in [1.82, 2.24) is 9.97 Å². The Morgan fingerprint density at radius 2 is 1.89 bits per heavy atom. The van der Waals surface area contributed by atoms with Crippen LogP contribution in [0.4, 0.5) is 5.82 Å². The van der Waals surface area contributed by atoms with Gasteiger partial charge in [-0.15, -0.1) is 0 Å². The van der Waals surface area contributed by atoms with Crippen LogP contribution in [0, 0.1) is 0 Å². The normalized spacial score (nSPS) is 11.2. The summed E-state index contributed by atoms with van der Waals surface area (Å²) in [5.41, 5.74) is 1.02. The lowest BCUT2D eigenvalue weighted by molar-refractivity contribution is 0.598. The van der Waals surface area contributed by atoms with Crippen LogP contribution in [0.25, 0.3) is 0 Å². The molecule has 0 saturated heterocycles. The van der Waals surface area contributed by atoms with Crippen LogP contribution in [-0.2, 0) is 16.4 Å². The monoisotopic (exact) mass is 278 g/mol. The van der Waals surface area contributed by atoms with Crippen molar-refractivity contribution in [3.05, 3.63) is 48.4 Å². The van der Waals surface area contributed by atoms with Gasteiger partial charge in [-0.05, 0) is 24.1 Å². The maximum absolute atomic E-state index is 11.1. The summed E-state index contributed by atoms with van der Waals surface area (Å²) < 4.78 is 22.2. The summed E-state index contributed by atoms with van der Waals surface area (Å²) in [5, 5.41) is 8.15. The summed E-state index contributed by atoms with van der Waals surface area (Å²) in [4.78, 5) is 8.15. The molecule has 0 atom stereocenters. The van der Waals surface area contributed by atoms with Crippen LogP contribution >= 0.6 is 0 Å². The largest absolute Gasteiger partial charge is 0.368 e. The maximum Gasteiger partial charge on any atom is 0.238 e. The third kappa shape index (κ3) is 4.01. The van der Waals surface area contributed by atoms with Gasteiger partial charge in [0.25, 0.3) is 0 Å². The van der Waals surface area contributed by atoms with Crippen molar-refractivity contribution in [2.45, 2.75) is 11.3 Å². The van der Waals surface area contributed by atoms with Gasteiger partial charge in [-0.25, -0.2) is 18.5 Å². The molecule has 100 valence electrons. The van der Waals surface area contributed by atoms with Gasteiger partial charge in [-0.2, -0.15) is 0 Å². The first kappa shape index (κ1) is 13.4. The van der Waals surface area contributed by atoms with Crippen LogP contribution in [0.5, 0.6) is 0 Å². The van der Waals surface area contributed by atoms with Crippen molar-refractivity contribution in [3.8, 4) is 0 Å². The lowest BCUT2D eigenvalue weighted by Crippen LogP contribution is -2.12. The molecular formula is C12H14N4O2S. The number of benzene rings is 1. The Labute approximate surface area is 111 Å². The quantitative estimate of drug-likeness (QED) is 0.842. The minimum Gasteiger partial charge on any atom is -0.368 e. The van der Waals surface area contributed by atoms with Gasteiger partial charge in [0.1, 0.15) is 5.82 Å². The van der Waals surface area contributed by atoms with E-state index < -0.39 is 10.0 Å². The number of primary sulfonamides is 1. The molecule has 2 aromatic rings. The highest BCUT2D eigenvalue weighted by molar-refractivity contribution is 7.89. The van der Waals surface area contributed by atoms with E-state index in [4.69, 9.17) is 5.14 Å². The molecule has 0 unspecified atom stereocenters.